The number of nitriles is 1. The molecule has 1 aromatic carbocycles. The number of halogens is 4. The van der Waals surface area contributed by atoms with Crippen LogP contribution in [0.25, 0.3) is 0 Å². The lowest BCUT2D eigenvalue weighted by Crippen LogP contribution is -2.51. The number of benzene rings is 1. The highest BCUT2D eigenvalue weighted by atomic mass is 32.2. The van der Waals surface area contributed by atoms with Gasteiger partial charge < -0.3 is 15.2 Å². The van der Waals surface area contributed by atoms with Crippen LogP contribution in [0.5, 0.6) is 5.88 Å². The van der Waals surface area contributed by atoms with Gasteiger partial charge >= 0.3 is 0 Å². The van der Waals surface area contributed by atoms with Crippen LogP contribution in [0.3, 0.4) is 0 Å². The average Bonchev–Trinajstić information content (AvgIpc) is 2.81. The molecule has 200 valence electrons. The first kappa shape index (κ1) is 27.0. The molecule has 0 bridgehead atoms. The lowest BCUT2D eigenvalue weighted by molar-refractivity contribution is -0.162. The van der Waals surface area contributed by atoms with Crippen LogP contribution in [0.2, 0.25) is 0 Å². The third-order valence-corrected chi connectivity index (χ3v) is 8.38. The molecule has 9 nitrogen and oxygen atoms in total. The molecule has 0 spiro atoms. The maximum Gasteiger partial charge on any atom is 0.251 e. The summed E-state index contributed by atoms with van der Waals surface area (Å²) in [6.07, 6.45) is -3.17. The Kier molecular flexibility index (Phi) is 7.33. The monoisotopic (exact) mass is 543 g/mol. The Bertz CT molecular complexity index is 1300. The summed E-state index contributed by atoms with van der Waals surface area (Å²) in [5, 5.41) is 22.6. The summed E-state index contributed by atoms with van der Waals surface area (Å²) in [5.41, 5.74) is -1.99. The molecule has 37 heavy (non-hydrogen) atoms. The molecule has 2 N–H and O–H groups in total. The molecule has 4 rings (SSSR count). The Hall–Kier alpha value is -3.02. The van der Waals surface area contributed by atoms with Crippen LogP contribution >= 0.6 is 0 Å². The number of hydrogen-bond acceptors (Lipinski definition) is 8. The Morgan fingerprint density at radius 2 is 2.03 bits per heavy atom. The van der Waals surface area contributed by atoms with Gasteiger partial charge in [-0.15, -0.1) is 0 Å². The fourth-order valence-electron chi connectivity index (χ4n) is 4.52. The Morgan fingerprint density at radius 3 is 2.68 bits per heavy atom. The van der Waals surface area contributed by atoms with Gasteiger partial charge in [0, 0.05) is 25.9 Å². The first-order chi connectivity index (χ1) is 17.3. The second-order valence-electron chi connectivity index (χ2n) is 9.41. The zero-order valence-corrected chi connectivity index (χ0v) is 20.6. The number of nitrogens with zero attached hydrogens (tertiary/aromatic N) is 4. The number of aromatic nitrogens is 2. The molecule has 2 aliphatic rings. The van der Waals surface area contributed by atoms with E-state index in [1.54, 1.807) is 0 Å². The van der Waals surface area contributed by atoms with E-state index >= 15 is 4.39 Å². The average molecular weight is 544 g/mol. The standard InChI is InChI=1S/C23H25F4N5O4S/c1-22(33)13-23(26,27)8-6-19(22)36-20-14(10-28)11-29-21(31-20)30-17-7-9-32(12-16(17)25)37(34,35)18-5-3-2-4-15(18)24/h2-5,11,16-17,19,33H,6-9,12-13H2,1H3,(H,29,30,31)/t16-,17+,19-,22+/m1/s1. The van der Waals surface area contributed by atoms with Gasteiger partial charge in [0.1, 0.15) is 40.2 Å². The SMILES string of the molecule is C[C@]1(O)CC(F)(F)CC[C@H]1Oc1nc(N[C@H]2CCN(S(=O)(=O)c3ccccc3F)C[C@H]2F)ncc1C#N. The summed E-state index contributed by atoms with van der Waals surface area (Å²) in [6.45, 7) is 0.578. The molecule has 2 aromatic rings. The minimum Gasteiger partial charge on any atom is -0.470 e. The summed E-state index contributed by atoms with van der Waals surface area (Å²) in [4.78, 5) is 7.50. The first-order valence-corrected chi connectivity index (χ1v) is 13.0. The predicted octanol–water partition coefficient (Wildman–Crippen LogP) is 3.02. The second-order valence-corrected chi connectivity index (χ2v) is 11.3. The maximum atomic E-state index is 15.0. The molecule has 2 heterocycles. The largest absolute Gasteiger partial charge is 0.470 e. The summed E-state index contributed by atoms with van der Waals surface area (Å²) in [5.74, 6) is -4.37. The number of sulfonamides is 1. The molecule has 1 saturated heterocycles. The van der Waals surface area contributed by atoms with Crippen molar-refractivity contribution in [2.45, 2.75) is 67.3 Å². The zero-order chi connectivity index (χ0) is 27.0. The molecule has 1 aliphatic heterocycles. The van der Waals surface area contributed by atoms with Crippen molar-refractivity contribution < 1.29 is 35.8 Å². The van der Waals surface area contributed by atoms with Gasteiger partial charge in [-0.1, -0.05) is 12.1 Å². The van der Waals surface area contributed by atoms with E-state index in [0.717, 1.165) is 22.6 Å². The summed E-state index contributed by atoms with van der Waals surface area (Å²) < 4.78 is 88.6. The van der Waals surface area contributed by atoms with E-state index in [1.165, 1.54) is 19.1 Å². The van der Waals surface area contributed by atoms with E-state index in [4.69, 9.17) is 4.74 Å². The van der Waals surface area contributed by atoms with Crippen LogP contribution in [0, 0.1) is 17.1 Å². The van der Waals surface area contributed by atoms with E-state index in [9.17, 15) is 32.0 Å². The van der Waals surface area contributed by atoms with Crippen molar-refractivity contribution in [2.75, 3.05) is 18.4 Å². The molecular formula is C23H25F4N5O4S. The molecule has 1 aromatic heterocycles. The molecule has 0 unspecified atom stereocenters. The van der Waals surface area contributed by atoms with Crippen molar-refractivity contribution in [1.29, 1.82) is 5.26 Å². The highest BCUT2D eigenvalue weighted by Crippen LogP contribution is 2.41. The minimum absolute atomic E-state index is 0.000813. The second kappa shape index (κ2) is 10.0. The van der Waals surface area contributed by atoms with Crippen LogP contribution < -0.4 is 10.1 Å². The van der Waals surface area contributed by atoms with E-state index < -0.39 is 70.0 Å². The van der Waals surface area contributed by atoms with E-state index in [-0.39, 0.29) is 36.8 Å². The van der Waals surface area contributed by atoms with Gasteiger partial charge in [-0.25, -0.2) is 31.0 Å². The van der Waals surface area contributed by atoms with Gasteiger partial charge in [0.2, 0.25) is 21.9 Å². The maximum absolute atomic E-state index is 15.0. The molecule has 4 atom stereocenters. The first-order valence-electron chi connectivity index (χ1n) is 11.5. The molecule has 0 amide bonds. The van der Waals surface area contributed by atoms with Crippen molar-refractivity contribution in [1.82, 2.24) is 14.3 Å². The van der Waals surface area contributed by atoms with E-state index in [1.807, 2.05) is 6.07 Å². The van der Waals surface area contributed by atoms with Crippen molar-refractivity contribution >= 4 is 16.0 Å². The number of ether oxygens (including phenoxy) is 1. The molecule has 14 heteroatoms. The minimum atomic E-state index is -4.25. The Balaban J connectivity index is 1.46. The topological polar surface area (TPSA) is 128 Å². The van der Waals surface area contributed by atoms with Crippen molar-refractivity contribution in [3.05, 3.63) is 41.8 Å². The molecule has 0 radical (unpaired) electrons. The number of alkyl halides is 3. The smallest absolute Gasteiger partial charge is 0.251 e. The summed E-state index contributed by atoms with van der Waals surface area (Å²) in [6, 6.07) is 5.75. The van der Waals surface area contributed by atoms with Gasteiger partial charge in [-0.05, 0) is 31.9 Å². The van der Waals surface area contributed by atoms with Gasteiger partial charge in [-0.2, -0.15) is 14.6 Å². The van der Waals surface area contributed by atoms with Gasteiger partial charge in [0.15, 0.2) is 0 Å². The Morgan fingerprint density at radius 1 is 1.30 bits per heavy atom. The molecule has 1 saturated carbocycles. The molecule has 2 fully saturated rings. The summed E-state index contributed by atoms with van der Waals surface area (Å²) in [7, 11) is -4.25. The van der Waals surface area contributed by atoms with Gasteiger partial charge in [0.25, 0.3) is 5.92 Å². The molecule has 1 aliphatic carbocycles. The number of nitrogens with one attached hydrogen (secondary N) is 1. The van der Waals surface area contributed by atoms with Crippen LogP contribution in [0.1, 0.15) is 38.2 Å². The fraction of sp³-hybridized carbons (Fsp3) is 0.522. The van der Waals surface area contributed by atoms with Crippen molar-refractivity contribution in [3.8, 4) is 11.9 Å². The lowest BCUT2D eigenvalue weighted by Gasteiger charge is -2.40. The highest BCUT2D eigenvalue weighted by Gasteiger charge is 2.49. The number of anilines is 1. The zero-order valence-electron chi connectivity index (χ0n) is 19.7. The van der Waals surface area contributed by atoms with Crippen molar-refractivity contribution in [2.24, 2.45) is 0 Å². The Labute approximate surface area is 211 Å². The summed E-state index contributed by atoms with van der Waals surface area (Å²) >= 11 is 0. The van der Waals surface area contributed by atoms with Gasteiger partial charge in [0.05, 0.1) is 12.2 Å². The van der Waals surface area contributed by atoms with Crippen LogP contribution in [-0.4, -0.2) is 70.7 Å². The third-order valence-electron chi connectivity index (χ3n) is 6.48. The predicted molar refractivity (Wildman–Crippen MR) is 123 cm³/mol. The quantitative estimate of drug-likeness (QED) is 0.533. The fourth-order valence-corrected chi connectivity index (χ4v) is 6.05. The van der Waals surface area contributed by atoms with E-state index in [2.05, 4.69) is 15.3 Å². The van der Waals surface area contributed by atoms with Crippen molar-refractivity contribution in [3.63, 3.8) is 0 Å². The van der Waals surface area contributed by atoms with Gasteiger partial charge in [-0.3, -0.25) is 0 Å². The van der Waals surface area contributed by atoms with Crippen LogP contribution in [0.4, 0.5) is 23.5 Å². The van der Waals surface area contributed by atoms with E-state index in [0.29, 0.717) is 0 Å². The number of hydrogen-bond donors (Lipinski definition) is 2. The normalized spacial score (nSPS) is 28.3. The lowest BCUT2D eigenvalue weighted by atomic mass is 9.81. The number of aliphatic hydroxyl groups is 1. The van der Waals surface area contributed by atoms with Crippen LogP contribution in [-0.2, 0) is 10.0 Å². The number of rotatable bonds is 6. The third kappa shape index (κ3) is 5.78. The molecular weight excluding hydrogens is 518 g/mol. The van der Waals surface area contributed by atoms with Crippen LogP contribution in [0.15, 0.2) is 35.4 Å². The number of piperidine rings is 1. The highest BCUT2D eigenvalue weighted by molar-refractivity contribution is 7.89.